The van der Waals surface area contributed by atoms with E-state index in [9.17, 15) is 4.79 Å². The van der Waals surface area contributed by atoms with E-state index in [0.717, 1.165) is 28.5 Å². The first-order valence-corrected chi connectivity index (χ1v) is 10.1. The molecule has 0 radical (unpaired) electrons. The van der Waals surface area contributed by atoms with Gasteiger partial charge in [0.2, 0.25) is 0 Å². The van der Waals surface area contributed by atoms with Crippen molar-refractivity contribution in [1.82, 2.24) is 25.1 Å². The van der Waals surface area contributed by atoms with Gasteiger partial charge in [0.1, 0.15) is 0 Å². The summed E-state index contributed by atoms with van der Waals surface area (Å²) in [4.78, 5) is 16.6. The third-order valence-electron chi connectivity index (χ3n) is 4.88. The first kappa shape index (κ1) is 20.6. The Morgan fingerprint density at radius 2 is 1.81 bits per heavy atom. The highest BCUT2D eigenvalue weighted by Gasteiger charge is 2.11. The van der Waals surface area contributed by atoms with Crippen LogP contribution in [0, 0.1) is 0 Å². The first-order valence-electron chi connectivity index (χ1n) is 9.76. The summed E-state index contributed by atoms with van der Waals surface area (Å²) >= 11 is 6.15. The van der Waals surface area contributed by atoms with Crippen molar-refractivity contribution in [3.63, 3.8) is 0 Å². The molecular weight excluding hydrogens is 412 g/mol. The summed E-state index contributed by atoms with van der Waals surface area (Å²) in [5.74, 6) is 1.38. The predicted molar refractivity (Wildman–Crippen MR) is 121 cm³/mol. The molecule has 31 heavy (non-hydrogen) atoms. The summed E-state index contributed by atoms with van der Waals surface area (Å²) in [6.45, 7) is 0.839. The van der Waals surface area contributed by atoms with E-state index in [2.05, 4.69) is 25.8 Å². The fourth-order valence-corrected chi connectivity index (χ4v) is 3.34. The van der Waals surface area contributed by atoms with Crippen molar-refractivity contribution < 1.29 is 4.79 Å². The molecule has 0 atom stereocenters. The zero-order chi connectivity index (χ0) is 21.6. The van der Waals surface area contributed by atoms with Gasteiger partial charge >= 0.3 is 0 Å². The SMILES string of the molecule is Cn1c(CNc2cccc(C(=O)NCc3ccccc3Cl)c2)nnc1-c1ccncc1. The van der Waals surface area contributed by atoms with Crippen LogP contribution in [0.2, 0.25) is 5.02 Å². The lowest BCUT2D eigenvalue weighted by molar-refractivity contribution is 0.0951. The van der Waals surface area contributed by atoms with Gasteiger partial charge in [0, 0.05) is 47.8 Å². The van der Waals surface area contributed by atoms with Gasteiger partial charge in [-0.3, -0.25) is 9.78 Å². The minimum Gasteiger partial charge on any atom is -0.378 e. The van der Waals surface area contributed by atoms with Gasteiger partial charge in [-0.25, -0.2) is 0 Å². The van der Waals surface area contributed by atoms with Crippen LogP contribution < -0.4 is 10.6 Å². The Morgan fingerprint density at radius 1 is 1.00 bits per heavy atom. The highest BCUT2D eigenvalue weighted by atomic mass is 35.5. The average molecular weight is 433 g/mol. The van der Waals surface area contributed by atoms with Gasteiger partial charge < -0.3 is 15.2 Å². The molecule has 2 N–H and O–H groups in total. The highest BCUT2D eigenvalue weighted by molar-refractivity contribution is 6.31. The van der Waals surface area contributed by atoms with E-state index in [1.165, 1.54) is 0 Å². The smallest absolute Gasteiger partial charge is 0.251 e. The second-order valence-electron chi connectivity index (χ2n) is 6.94. The zero-order valence-electron chi connectivity index (χ0n) is 16.9. The molecular formula is C23H21ClN6O. The summed E-state index contributed by atoms with van der Waals surface area (Å²) < 4.78 is 1.93. The second-order valence-corrected chi connectivity index (χ2v) is 7.35. The molecule has 7 nitrogen and oxygen atoms in total. The molecule has 0 saturated heterocycles. The molecule has 2 aromatic heterocycles. The number of halogens is 1. The van der Waals surface area contributed by atoms with E-state index < -0.39 is 0 Å². The van der Waals surface area contributed by atoms with E-state index in [-0.39, 0.29) is 5.91 Å². The molecule has 2 aromatic carbocycles. The number of hydrogen-bond acceptors (Lipinski definition) is 5. The fourth-order valence-electron chi connectivity index (χ4n) is 3.14. The molecule has 0 aliphatic heterocycles. The number of nitrogens with one attached hydrogen (secondary N) is 2. The third kappa shape index (κ3) is 4.90. The van der Waals surface area contributed by atoms with Crippen LogP contribution in [0.4, 0.5) is 5.69 Å². The Bertz CT molecular complexity index is 1190. The molecule has 0 fully saturated rings. The maximum Gasteiger partial charge on any atom is 0.251 e. The maximum absolute atomic E-state index is 12.6. The highest BCUT2D eigenvalue weighted by Crippen LogP contribution is 2.18. The number of amides is 1. The van der Waals surface area contributed by atoms with Crippen molar-refractivity contribution in [3.8, 4) is 11.4 Å². The molecule has 0 bridgehead atoms. The number of carbonyl (C=O) groups is 1. The number of hydrogen-bond donors (Lipinski definition) is 2. The Hall–Kier alpha value is -3.71. The fraction of sp³-hybridized carbons (Fsp3) is 0.130. The van der Waals surface area contributed by atoms with Gasteiger partial charge in [0.25, 0.3) is 5.91 Å². The molecule has 4 rings (SSSR count). The third-order valence-corrected chi connectivity index (χ3v) is 5.24. The van der Waals surface area contributed by atoms with Crippen molar-refractivity contribution in [2.75, 3.05) is 5.32 Å². The van der Waals surface area contributed by atoms with Gasteiger partial charge in [-0.2, -0.15) is 0 Å². The van der Waals surface area contributed by atoms with E-state index >= 15 is 0 Å². The normalized spacial score (nSPS) is 10.6. The van der Waals surface area contributed by atoms with Gasteiger partial charge in [-0.05, 0) is 42.0 Å². The second kappa shape index (κ2) is 9.40. The number of nitrogens with zero attached hydrogens (tertiary/aromatic N) is 4. The van der Waals surface area contributed by atoms with E-state index in [1.807, 2.05) is 60.1 Å². The average Bonchev–Trinajstić information content (AvgIpc) is 3.18. The van der Waals surface area contributed by atoms with Gasteiger partial charge in [0.15, 0.2) is 11.6 Å². The van der Waals surface area contributed by atoms with Crippen molar-refractivity contribution in [2.24, 2.45) is 7.05 Å². The minimum absolute atomic E-state index is 0.165. The molecule has 156 valence electrons. The van der Waals surface area contributed by atoms with Crippen LogP contribution >= 0.6 is 11.6 Å². The van der Waals surface area contributed by atoms with Gasteiger partial charge in [-0.1, -0.05) is 35.9 Å². The topological polar surface area (TPSA) is 84.7 Å². The maximum atomic E-state index is 12.6. The lowest BCUT2D eigenvalue weighted by Gasteiger charge is -2.10. The van der Waals surface area contributed by atoms with E-state index in [0.29, 0.717) is 23.7 Å². The Labute approximate surface area is 185 Å². The molecule has 0 saturated carbocycles. The van der Waals surface area contributed by atoms with Crippen molar-refractivity contribution in [1.29, 1.82) is 0 Å². The van der Waals surface area contributed by atoms with Crippen molar-refractivity contribution >= 4 is 23.2 Å². The summed E-state index contributed by atoms with van der Waals surface area (Å²) in [6, 6.07) is 18.6. The summed E-state index contributed by atoms with van der Waals surface area (Å²) in [5.41, 5.74) is 3.21. The number of carbonyl (C=O) groups excluding carboxylic acids is 1. The molecule has 0 spiro atoms. The molecule has 4 aromatic rings. The molecule has 1 amide bonds. The first-order chi connectivity index (χ1) is 15.1. The van der Waals surface area contributed by atoms with Gasteiger partial charge in [-0.15, -0.1) is 10.2 Å². The number of pyridine rings is 1. The number of benzene rings is 2. The standard InChI is InChI=1S/C23H21ClN6O/c1-30-21(28-29-22(30)16-9-11-25-12-10-16)15-26-19-7-4-6-17(13-19)23(31)27-14-18-5-2-3-8-20(18)24/h2-13,26H,14-15H2,1H3,(H,27,31). The van der Waals surface area contributed by atoms with Crippen LogP contribution in [0.25, 0.3) is 11.4 Å². The van der Waals surface area contributed by atoms with Gasteiger partial charge in [0.05, 0.1) is 6.54 Å². The Kier molecular flexibility index (Phi) is 6.24. The molecule has 8 heteroatoms. The molecule has 0 aliphatic carbocycles. The quantitative estimate of drug-likeness (QED) is 0.459. The lowest BCUT2D eigenvalue weighted by atomic mass is 10.1. The van der Waals surface area contributed by atoms with Crippen LogP contribution in [0.5, 0.6) is 0 Å². The molecule has 0 unspecified atom stereocenters. The Balaban J connectivity index is 1.39. The van der Waals surface area contributed by atoms with Crippen LogP contribution in [0.3, 0.4) is 0 Å². The van der Waals surface area contributed by atoms with E-state index in [1.54, 1.807) is 24.5 Å². The summed E-state index contributed by atoms with van der Waals surface area (Å²) in [5, 5.41) is 15.4. The predicted octanol–water partition coefficient (Wildman–Crippen LogP) is 4.07. The van der Waals surface area contributed by atoms with Crippen LogP contribution in [0.15, 0.2) is 73.1 Å². The largest absolute Gasteiger partial charge is 0.378 e. The van der Waals surface area contributed by atoms with Crippen LogP contribution in [0.1, 0.15) is 21.7 Å². The zero-order valence-corrected chi connectivity index (χ0v) is 17.7. The van der Waals surface area contributed by atoms with Crippen molar-refractivity contribution in [2.45, 2.75) is 13.1 Å². The monoisotopic (exact) mass is 432 g/mol. The number of rotatable bonds is 7. The van der Waals surface area contributed by atoms with E-state index in [4.69, 9.17) is 11.6 Å². The number of anilines is 1. The molecule has 2 heterocycles. The van der Waals surface area contributed by atoms with Crippen LogP contribution in [-0.4, -0.2) is 25.7 Å². The number of aromatic nitrogens is 4. The Morgan fingerprint density at radius 3 is 2.61 bits per heavy atom. The molecule has 0 aliphatic rings. The summed E-state index contributed by atoms with van der Waals surface area (Å²) in [7, 11) is 1.92. The van der Waals surface area contributed by atoms with Crippen molar-refractivity contribution in [3.05, 3.63) is 95.0 Å². The lowest BCUT2D eigenvalue weighted by Crippen LogP contribution is -2.23. The van der Waals surface area contributed by atoms with Crippen LogP contribution in [-0.2, 0) is 20.1 Å². The summed E-state index contributed by atoms with van der Waals surface area (Å²) in [6.07, 6.45) is 3.45. The minimum atomic E-state index is -0.165.